The molecule has 1 rings (SSSR count). The third kappa shape index (κ3) is 3.01. The summed E-state index contributed by atoms with van der Waals surface area (Å²) in [6, 6.07) is 5.03. The Morgan fingerprint density at radius 2 is 1.78 bits per heavy atom. The van der Waals surface area contributed by atoms with Crippen LogP contribution < -0.4 is 14.8 Å². The Morgan fingerprint density at radius 1 is 1.17 bits per heavy atom. The lowest BCUT2D eigenvalue weighted by molar-refractivity contribution is 0.0922. The molecule has 4 heteroatoms. The number of nitrogens with one attached hydrogen (secondary N) is 1. The van der Waals surface area contributed by atoms with E-state index >= 15 is 0 Å². The van der Waals surface area contributed by atoms with E-state index in [9.17, 15) is 4.79 Å². The number of likely N-dealkylation sites (N-methyl/N-ethyl adjacent to an activating group) is 1. The Morgan fingerprint density at radius 3 is 2.22 bits per heavy atom. The molecular formula is C14H21NO3. The van der Waals surface area contributed by atoms with Gasteiger partial charge < -0.3 is 14.8 Å². The zero-order valence-electron chi connectivity index (χ0n) is 11.6. The Balaban J connectivity index is 3.06. The summed E-state index contributed by atoms with van der Waals surface area (Å²) in [5, 5.41) is 3.04. The van der Waals surface area contributed by atoms with E-state index in [0.29, 0.717) is 17.1 Å². The molecule has 0 radical (unpaired) electrons. The van der Waals surface area contributed by atoms with Crippen LogP contribution in [0, 0.1) is 5.92 Å². The summed E-state index contributed by atoms with van der Waals surface area (Å²) in [5.74, 6) is 1.49. The number of benzene rings is 1. The second kappa shape index (κ2) is 6.40. The van der Waals surface area contributed by atoms with Gasteiger partial charge in [-0.3, -0.25) is 4.79 Å². The monoisotopic (exact) mass is 251 g/mol. The van der Waals surface area contributed by atoms with E-state index in [4.69, 9.17) is 9.47 Å². The normalized spacial score (nSPS) is 12.3. The molecule has 1 N–H and O–H groups in total. The highest BCUT2D eigenvalue weighted by atomic mass is 16.5. The van der Waals surface area contributed by atoms with Crippen molar-refractivity contribution in [3.63, 3.8) is 0 Å². The fourth-order valence-corrected chi connectivity index (χ4v) is 1.94. The van der Waals surface area contributed by atoms with Gasteiger partial charge in [-0.25, -0.2) is 0 Å². The predicted molar refractivity (Wildman–Crippen MR) is 71.6 cm³/mol. The second-order valence-corrected chi connectivity index (χ2v) is 4.44. The van der Waals surface area contributed by atoms with Gasteiger partial charge in [-0.15, -0.1) is 0 Å². The number of ether oxygens (including phenoxy) is 2. The van der Waals surface area contributed by atoms with Gasteiger partial charge in [0.2, 0.25) is 0 Å². The van der Waals surface area contributed by atoms with Crippen molar-refractivity contribution < 1.29 is 14.3 Å². The van der Waals surface area contributed by atoms with Crippen LogP contribution in [0.15, 0.2) is 18.2 Å². The largest absolute Gasteiger partial charge is 0.493 e. The summed E-state index contributed by atoms with van der Waals surface area (Å²) >= 11 is 0. The summed E-state index contributed by atoms with van der Waals surface area (Å²) in [7, 11) is 4.93. The van der Waals surface area contributed by atoms with Crippen LogP contribution in [0.1, 0.15) is 24.2 Å². The lowest BCUT2D eigenvalue weighted by Gasteiger charge is -2.19. The topological polar surface area (TPSA) is 47.6 Å². The minimum absolute atomic E-state index is 0.0634. The van der Waals surface area contributed by atoms with Gasteiger partial charge in [0.15, 0.2) is 17.3 Å². The molecule has 1 aromatic carbocycles. The first-order valence-corrected chi connectivity index (χ1v) is 5.98. The van der Waals surface area contributed by atoms with Crippen LogP contribution in [0.4, 0.5) is 0 Å². The molecule has 0 aliphatic rings. The Hall–Kier alpha value is -1.55. The number of Topliss-reactive ketones (excluding diaryl/α,β-unsaturated/α-hetero) is 1. The first kappa shape index (κ1) is 14.5. The second-order valence-electron chi connectivity index (χ2n) is 4.44. The molecule has 0 heterocycles. The molecule has 0 aliphatic carbocycles. The molecule has 0 saturated heterocycles. The van der Waals surface area contributed by atoms with E-state index in [0.717, 1.165) is 0 Å². The highest BCUT2D eigenvalue weighted by Gasteiger charge is 2.22. The molecule has 0 saturated carbocycles. The van der Waals surface area contributed by atoms with Crippen molar-refractivity contribution in [1.29, 1.82) is 0 Å². The van der Waals surface area contributed by atoms with Crippen molar-refractivity contribution in [3.8, 4) is 11.5 Å². The molecule has 100 valence electrons. The maximum atomic E-state index is 12.3. The van der Waals surface area contributed by atoms with Gasteiger partial charge in [-0.05, 0) is 31.2 Å². The summed E-state index contributed by atoms with van der Waals surface area (Å²) in [5.41, 5.74) is 0.626. The molecule has 1 atom stereocenters. The third-order valence-electron chi connectivity index (χ3n) is 2.93. The number of hydrogen-bond donors (Lipinski definition) is 1. The third-order valence-corrected chi connectivity index (χ3v) is 2.93. The number of methoxy groups -OCH3 is 2. The van der Waals surface area contributed by atoms with Crippen LogP contribution in [0.3, 0.4) is 0 Å². The van der Waals surface area contributed by atoms with Crippen LogP contribution in [-0.2, 0) is 0 Å². The average Bonchev–Trinajstić information content (AvgIpc) is 2.38. The zero-order valence-corrected chi connectivity index (χ0v) is 11.6. The first-order chi connectivity index (χ1) is 8.54. The number of carbonyl (C=O) groups is 1. The van der Waals surface area contributed by atoms with E-state index in [2.05, 4.69) is 5.32 Å². The van der Waals surface area contributed by atoms with Crippen LogP contribution in [0.25, 0.3) is 0 Å². The molecule has 0 aromatic heterocycles. The van der Waals surface area contributed by atoms with Gasteiger partial charge in [-0.2, -0.15) is 0 Å². The Bertz CT molecular complexity index is 416. The lowest BCUT2D eigenvalue weighted by atomic mass is 9.95. The van der Waals surface area contributed by atoms with E-state index in [1.165, 1.54) is 0 Å². The maximum absolute atomic E-state index is 12.3. The van der Waals surface area contributed by atoms with Crippen LogP contribution >= 0.6 is 0 Å². The lowest BCUT2D eigenvalue weighted by Crippen LogP contribution is -2.38. The number of ketones is 1. The minimum Gasteiger partial charge on any atom is -0.493 e. The highest BCUT2D eigenvalue weighted by molar-refractivity contribution is 6.00. The zero-order chi connectivity index (χ0) is 13.7. The van der Waals surface area contributed by atoms with Crippen LogP contribution in [0.2, 0.25) is 0 Å². The Kier molecular flexibility index (Phi) is 5.16. The smallest absolute Gasteiger partial charge is 0.180 e. The fourth-order valence-electron chi connectivity index (χ4n) is 1.94. The molecule has 0 fully saturated rings. The standard InChI is InChI=1S/C14H21NO3/c1-9(2)13(15-3)14(16)10-6-7-11(17-4)12(8-10)18-5/h6-9,13,15H,1-5H3. The molecule has 0 spiro atoms. The molecule has 4 nitrogen and oxygen atoms in total. The van der Waals surface area contributed by atoms with Gasteiger partial charge in [0.1, 0.15) is 0 Å². The predicted octanol–water partition coefficient (Wildman–Crippen LogP) is 2.13. The summed E-state index contributed by atoms with van der Waals surface area (Å²) in [6.45, 7) is 4.03. The number of rotatable bonds is 6. The van der Waals surface area contributed by atoms with Crippen molar-refractivity contribution in [3.05, 3.63) is 23.8 Å². The van der Waals surface area contributed by atoms with Crippen LogP contribution in [0.5, 0.6) is 11.5 Å². The molecular weight excluding hydrogens is 230 g/mol. The summed E-state index contributed by atoms with van der Waals surface area (Å²) in [4.78, 5) is 12.3. The summed E-state index contributed by atoms with van der Waals surface area (Å²) < 4.78 is 10.4. The van der Waals surface area contributed by atoms with E-state index in [1.54, 1.807) is 39.5 Å². The van der Waals surface area contributed by atoms with E-state index in [1.807, 2.05) is 13.8 Å². The molecule has 1 unspecified atom stereocenters. The maximum Gasteiger partial charge on any atom is 0.180 e. The molecule has 1 aromatic rings. The van der Waals surface area contributed by atoms with E-state index < -0.39 is 0 Å². The van der Waals surface area contributed by atoms with Gasteiger partial charge in [0, 0.05) is 5.56 Å². The molecule has 0 aliphatic heterocycles. The highest BCUT2D eigenvalue weighted by Crippen LogP contribution is 2.28. The average molecular weight is 251 g/mol. The van der Waals surface area contributed by atoms with Crippen molar-refractivity contribution in [2.75, 3.05) is 21.3 Å². The summed E-state index contributed by atoms with van der Waals surface area (Å²) in [6.07, 6.45) is 0. The van der Waals surface area contributed by atoms with Gasteiger partial charge in [0.25, 0.3) is 0 Å². The van der Waals surface area contributed by atoms with E-state index in [-0.39, 0.29) is 17.7 Å². The van der Waals surface area contributed by atoms with Crippen molar-refractivity contribution in [2.45, 2.75) is 19.9 Å². The number of carbonyl (C=O) groups excluding carboxylic acids is 1. The fraction of sp³-hybridized carbons (Fsp3) is 0.500. The van der Waals surface area contributed by atoms with Gasteiger partial charge in [0.05, 0.1) is 20.3 Å². The van der Waals surface area contributed by atoms with Crippen molar-refractivity contribution >= 4 is 5.78 Å². The van der Waals surface area contributed by atoms with Crippen molar-refractivity contribution in [1.82, 2.24) is 5.32 Å². The Labute approximate surface area is 108 Å². The minimum atomic E-state index is -0.192. The molecule has 0 amide bonds. The first-order valence-electron chi connectivity index (χ1n) is 5.98. The SMILES string of the molecule is CNC(C(=O)c1ccc(OC)c(OC)c1)C(C)C. The van der Waals surface area contributed by atoms with Gasteiger partial charge in [-0.1, -0.05) is 13.8 Å². The number of hydrogen-bond acceptors (Lipinski definition) is 4. The van der Waals surface area contributed by atoms with Crippen molar-refractivity contribution in [2.24, 2.45) is 5.92 Å². The van der Waals surface area contributed by atoms with Gasteiger partial charge >= 0.3 is 0 Å². The quantitative estimate of drug-likeness (QED) is 0.787. The molecule has 18 heavy (non-hydrogen) atoms. The molecule has 0 bridgehead atoms. The van der Waals surface area contributed by atoms with Crippen LogP contribution in [-0.4, -0.2) is 33.1 Å².